The summed E-state index contributed by atoms with van der Waals surface area (Å²) < 4.78 is 5.11. The molecule has 4 nitrogen and oxygen atoms in total. The number of aliphatic hydroxyl groups excluding tert-OH is 1. The molecule has 0 radical (unpaired) electrons. The number of aryl methyl sites for hydroxylation is 1. The summed E-state index contributed by atoms with van der Waals surface area (Å²) in [7, 11) is 0. The van der Waals surface area contributed by atoms with Crippen LogP contribution in [0.3, 0.4) is 0 Å². The summed E-state index contributed by atoms with van der Waals surface area (Å²) in [5, 5.41) is 13.6. The van der Waals surface area contributed by atoms with Gasteiger partial charge in [-0.1, -0.05) is 38.0 Å². The van der Waals surface area contributed by atoms with Crippen molar-refractivity contribution in [3.8, 4) is 0 Å². The molecule has 1 aliphatic carbocycles. The summed E-state index contributed by atoms with van der Waals surface area (Å²) in [6.45, 7) is 3.34. The number of fused-ring (bicyclic) bond motifs is 1. The number of nitrogens with one attached hydrogen (secondary N) is 1. The summed E-state index contributed by atoms with van der Waals surface area (Å²) in [6, 6.07) is 6.54. The third-order valence-corrected chi connectivity index (χ3v) is 5.79. The lowest BCUT2D eigenvalue weighted by atomic mass is 9.77. The predicted molar refractivity (Wildman–Crippen MR) is 98.7 cm³/mol. The highest BCUT2D eigenvalue weighted by atomic mass is 16.5. The lowest BCUT2D eigenvalue weighted by Gasteiger charge is -2.31. The maximum atomic E-state index is 11.6. The molecule has 0 saturated carbocycles. The van der Waals surface area contributed by atoms with Crippen LogP contribution in [0.15, 0.2) is 18.2 Å². The van der Waals surface area contributed by atoms with Crippen molar-refractivity contribution in [2.45, 2.75) is 70.3 Å². The Labute approximate surface area is 151 Å². The van der Waals surface area contributed by atoms with Gasteiger partial charge in [0.05, 0.1) is 12.7 Å². The molecular weight excluding hydrogens is 314 g/mol. The van der Waals surface area contributed by atoms with E-state index in [1.54, 1.807) is 0 Å². The first-order valence-corrected chi connectivity index (χ1v) is 9.90. The van der Waals surface area contributed by atoms with Crippen molar-refractivity contribution in [2.24, 2.45) is 5.92 Å². The fourth-order valence-electron chi connectivity index (χ4n) is 4.21. The third-order valence-electron chi connectivity index (χ3n) is 5.79. The molecule has 2 unspecified atom stereocenters. The van der Waals surface area contributed by atoms with Crippen LogP contribution in [0.5, 0.6) is 0 Å². The number of amides is 1. The standard InChI is InChI=1S/C21H31NO3/c1-2-3-6-15-8-9-17-13-16(10-11-19(17)20(15)23)18-7-4-5-12-25-21(24)22-14-18/h10-11,13,15,18,20,23H,2-9,12,14H2,1H3,(H,22,24)/t15?,18-,20?/m0/s1. The van der Waals surface area contributed by atoms with Gasteiger partial charge in [0.1, 0.15) is 0 Å². The maximum absolute atomic E-state index is 11.6. The van der Waals surface area contributed by atoms with Crippen LogP contribution in [-0.4, -0.2) is 24.4 Å². The van der Waals surface area contributed by atoms with Gasteiger partial charge in [-0.15, -0.1) is 0 Å². The number of hydrogen-bond donors (Lipinski definition) is 2. The van der Waals surface area contributed by atoms with Gasteiger partial charge in [0.25, 0.3) is 0 Å². The van der Waals surface area contributed by atoms with Crippen LogP contribution in [0.2, 0.25) is 0 Å². The van der Waals surface area contributed by atoms with Gasteiger partial charge in [-0.25, -0.2) is 4.79 Å². The van der Waals surface area contributed by atoms with E-state index < -0.39 is 0 Å². The molecule has 3 rings (SSSR count). The van der Waals surface area contributed by atoms with Crippen LogP contribution in [0, 0.1) is 5.92 Å². The summed E-state index contributed by atoms with van der Waals surface area (Å²) in [4.78, 5) is 11.6. The van der Waals surface area contributed by atoms with E-state index in [1.165, 1.54) is 24.0 Å². The molecule has 1 aromatic carbocycles. The predicted octanol–water partition coefficient (Wildman–Crippen LogP) is 4.47. The largest absolute Gasteiger partial charge is 0.450 e. The number of benzene rings is 1. The van der Waals surface area contributed by atoms with E-state index in [4.69, 9.17) is 4.74 Å². The van der Waals surface area contributed by atoms with Gasteiger partial charge in [0, 0.05) is 12.5 Å². The molecule has 4 heteroatoms. The number of aliphatic hydroxyl groups is 1. The SMILES string of the molecule is CCCCC1CCc2cc([C@H]3CCCCOC(=O)NC3)ccc2C1O. The van der Waals surface area contributed by atoms with Crippen LogP contribution < -0.4 is 5.32 Å². The Morgan fingerprint density at radius 1 is 1.28 bits per heavy atom. The van der Waals surface area contributed by atoms with Crippen LogP contribution in [0.25, 0.3) is 0 Å². The highest BCUT2D eigenvalue weighted by Gasteiger charge is 2.28. The highest BCUT2D eigenvalue weighted by molar-refractivity contribution is 5.67. The molecule has 1 aliphatic heterocycles. The van der Waals surface area contributed by atoms with Crippen molar-refractivity contribution in [1.29, 1.82) is 0 Å². The van der Waals surface area contributed by atoms with Crippen molar-refractivity contribution in [1.82, 2.24) is 5.32 Å². The number of cyclic esters (lactones) is 1. The molecular formula is C21H31NO3. The number of ether oxygens (including phenoxy) is 1. The molecule has 3 atom stereocenters. The lowest BCUT2D eigenvalue weighted by molar-refractivity contribution is 0.0871. The number of unbranched alkanes of at least 4 members (excludes halogenated alkanes) is 1. The minimum atomic E-state index is -0.321. The quantitative estimate of drug-likeness (QED) is 0.846. The Kier molecular flexibility index (Phi) is 6.35. The minimum Gasteiger partial charge on any atom is -0.450 e. The Morgan fingerprint density at radius 2 is 2.16 bits per heavy atom. The van der Waals surface area contributed by atoms with Gasteiger partial charge < -0.3 is 15.2 Å². The van der Waals surface area contributed by atoms with E-state index in [1.807, 2.05) is 0 Å². The van der Waals surface area contributed by atoms with E-state index in [-0.39, 0.29) is 12.2 Å². The Bertz CT molecular complexity index is 587. The molecule has 2 N–H and O–H groups in total. The molecule has 1 heterocycles. The number of carbonyl (C=O) groups excluding carboxylic acids is 1. The van der Waals surface area contributed by atoms with Gasteiger partial charge in [0.15, 0.2) is 0 Å². The molecule has 1 amide bonds. The second-order valence-corrected chi connectivity index (χ2v) is 7.55. The fourth-order valence-corrected chi connectivity index (χ4v) is 4.21. The van der Waals surface area contributed by atoms with Crippen LogP contribution >= 0.6 is 0 Å². The first-order chi connectivity index (χ1) is 12.2. The van der Waals surface area contributed by atoms with Crippen molar-refractivity contribution in [3.63, 3.8) is 0 Å². The van der Waals surface area contributed by atoms with Crippen molar-refractivity contribution < 1.29 is 14.6 Å². The molecule has 0 aromatic heterocycles. The second kappa shape index (κ2) is 8.70. The smallest absolute Gasteiger partial charge is 0.407 e. The van der Waals surface area contributed by atoms with E-state index in [2.05, 4.69) is 30.4 Å². The zero-order chi connectivity index (χ0) is 17.6. The van der Waals surface area contributed by atoms with Gasteiger partial charge in [-0.2, -0.15) is 0 Å². The van der Waals surface area contributed by atoms with Gasteiger partial charge in [-0.05, 0) is 61.1 Å². The maximum Gasteiger partial charge on any atom is 0.407 e. The Balaban J connectivity index is 1.73. The van der Waals surface area contributed by atoms with E-state index >= 15 is 0 Å². The van der Waals surface area contributed by atoms with E-state index in [0.29, 0.717) is 25.0 Å². The topological polar surface area (TPSA) is 58.6 Å². The van der Waals surface area contributed by atoms with Crippen LogP contribution in [0.1, 0.15) is 80.6 Å². The van der Waals surface area contributed by atoms with Gasteiger partial charge in [-0.3, -0.25) is 0 Å². The summed E-state index contributed by atoms with van der Waals surface area (Å²) >= 11 is 0. The summed E-state index contributed by atoms with van der Waals surface area (Å²) in [5.41, 5.74) is 3.69. The highest BCUT2D eigenvalue weighted by Crippen LogP contribution is 2.38. The normalized spacial score (nSPS) is 27.3. The number of carbonyl (C=O) groups is 1. The van der Waals surface area contributed by atoms with Crippen molar-refractivity contribution in [2.75, 3.05) is 13.2 Å². The van der Waals surface area contributed by atoms with E-state index in [0.717, 1.165) is 44.1 Å². The average molecular weight is 345 g/mol. The monoisotopic (exact) mass is 345 g/mol. The van der Waals surface area contributed by atoms with Crippen molar-refractivity contribution in [3.05, 3.63) is 34.9 Å². The average Bonchev–Trinajstić information content (AvgIpc) is 2.73. The van der Waals surface area contributed by atoms with Crippen LogP contribution in [-0.2, 0) is 11.2 Å². The van der Waals surface area contributed by atoms with Gasteiger partial charge in [0.2, 0.25) is 0 Å². The molecule has 1 saturated heterocycles. The zero-order valence-electron chi connectivity index (χ0n) is 15.3. The molecule has 1 fully saturated rings. The molecule has 2 aliphatic rings. The second-order valence-electron chi connectivity index (χ2n) is 7.55. The molecule has 1 aromatic rings. The van der Waals surface area contributed by atoms with E-state index in [9.17, 15) is 9.90 Å². The number of hydrogen-bond acceptors (Lipinski definition) is 3. The minimum absolute atomic E-state index is 0.306. The Morgan fingerprint density at radius 3 is 3.00 bits per heavy atom. The van der Waals surface area contributed by atoms with Crippen molar-refractivity contribution >= 4 is 6.09 Å². The molecule has 138 valence electrons. The zero-order valence-corrected chi connectivity index (χ0v) is 15.3. The lowest BCUT2D eigenvalue weighted by Crippen LogP contribution is -2.28. The fraction of sp³-hybridized carbons (Fsp3) is 0.667. The first-order valence-electron chi connectivity index (χ1n) is 9.90. The summed E-state index contributed by atoms with van der Waals surface area (Å²) in [6.07, 6.45) is 8.05. The molecule has 0 spiro atoms. The Hall–Kier alpha value is -1.55. The number of rotatable bonds is 4. The third kappa shape index (κ3) is 4.55. The van der Waals surface area contributed by atoms with Crippen LogP contribution in [0.4, 0.5) is 4.79 Å². The molecule has 0 bridgehead atoms. The molecule has 25 heavy (non-hydrogen) atoms. The first kappa shape index (κ1) is 18.2. The number of alkyl carbamates (subject to hydrolysis) is 1. The van der Waals surface area contributed by atoms with Gasteiger partial charge >= 0.3 is 6.09 Å². The summed E-state index contributed by atoms with van der Waals surface area (Å²) in [5.74, 6) is 0.727.